The molecule has 7 nitrogen and oxygen atoms in total. The van der Waals surface area contributed by atoms with Gasteiger partial charge in [0.15, 0.2) is 11.1 Å². The van der Waals surface area contributed by atoms with Crippen LogP contribution in [0.3, 0.4) is 0 Å². The third-order valence-electron chi connectivity index (χ3n) is 3.75. The van der Waals surface area contributed by atoms with E-state index in [-0.39, 0.29) is 35.3 Å². The van der Waals surface area contributed by atoms with E-state index in [4.69, 9.17) is 5.11 Å². The molecule has 1 aromatic carbocycles. The molecule has 0 atom stereocenters. The Bertz CT molecular complexity index is 1040. The lowest BCUT2D eigenvalue weighted by Crippen LogP contribution is -2.31. The van der Waals surface area contributed by atoms with Gasteiger partial charge in [-0.1, -0.05) is 12.1 Å². The normalized spacial score (nSPS) is 12.4. The van der Waals surface area contributed by atoms with Gasteiger partial charge in [0.05, 0.1) is 12.1 Å². The summed E-state index contributed by atoms with van der Waals surface area (Å²) in [6.45, 7) is 0. The van der Waals surface area contributed by atoms with Crippen LogP contribution in [-0.4, -0.2) is 30.8 Å². The molecule has 0 unspecified atom stereocenters. The molecule has 3 aromatic rings. The van der Waals surface area contributed by atoms with Crippen LogP contribution < -0.4 is 10.6 Å². The van der Waals surface area contributed by atoms with Crippen LogP contribution in [0.15, 0.2) is 41.5 Å². The van der Waals surface area contributed by atoms with Gasteiger partial charge in [0, 0.05) is 18.9 Å². The molecule has 0 amide bonds. The maximum Gasteiger partial charge on any atom is 0.303 e. The summed E-state index contributed by atoms with van der Waals surface area (Å²) in [5.41, 5.74) is 0.997. The molecule has 0 saturated carbocycles. The van der Waals surface area contributed by atoms with Crippen LogP contribution >= 0.6 is 0 Å². The lowest BCUT2D eigenvalue weighted by atomic mass is 10.1. The second-order valence-corrected chi connectivity index (χ2v) is 5.51. The number of aliphatic hydroxyl groups is 1. The summed E-state index contributed by atoms with van der Waals surface area (Å²) in [6.07, 6.45) is 1.09. The van der Waals surface area contributed by atoms with Gasteiger partial charge in [0.2, 0.25) is 0 Å². The molecule has 128 valence electrons. The van der Waals surface area contributed by atoms with Gasteiger partial charge in [-0.2, -0.15) is 5.10 Å². The number of carboxylic acids is 1. The highest BCUT2D eigenvalue weighted by Crippen LogP contribution is 2.10. The van der Waals surface area contributed by atoms with E-state index in [0.717, 1.165) is 5.56 Å². The molecular formula is C17H14FN3O4. The van der Waals surface area contributed by atoms with Crippen molar-refractivity contribution in [1.29, 1.82) is 0 Å². The molecule has 3 rings (SSSR count). The van der Waals surface area contributed by atoms with E-state index >= 15 is 0 Å². The van der Waals surface area contributed by atoms with Crippen LogP contribution in [0.4, 0.5) is 4.39 Å². The quantitative estimate of drug-likeness (QED) is 0.718. The Kier molecular flexibility index (Phi) is 4.42. The Labute approximate surface area is 140 Å². The van der Waals surface area contributed by atoms with Gasteiger partial charge < -0.3 is 10.2 Å². The van der Waals surface area contributed by atoms with Crippen molar-refractivity contribution in [2.45, 2.75) is 19.3 Å². The van der Waals surface area contributed by atoms with Crippen molar-refractivity contribution in [1.82, 2.24) is 14.6 Å². The first-order valence-electron chi connectivity index (χ1n) is 7.49. The van der Waals surface area contributed by atoms with Crippen molar-refractivity contribution >= 4 is 17.4 Å². The van der Waals surface area contributed by atoms with Gasteiger partial charge in [0.25, 0.3) is 0 Å². The fraction of sp³-hybridized carbons (Fsp3) is 0.176. The summed E-state index contributed by atoms with van der Waals surface area (Å²) in [6, 6.07) is 7.18. The SMILES string of the molecule is O=C(O)CCC(O)=c1c(=O)cc(Cc2ccc(F)cc2)n2ncnc12. The Morgan fingerprint density at radius 2 is 1.88 bits per heavy atom. The molecule has 0 aliphatic carbocycles. The van der Waals surface area contributed by atoms with E-state index in [1.165, 1.54) is 29.0 Å². The predicted octanol–water partition coefficient (Wildman–Crippen LogP) is 1.07. The summed E-state index contributed by atoms with van der Waals surface area (Å²) in [4.78, 5) is 27.1. The molecule has 2 aromatic heterocycles. The van der Waals surface area contributed by atoms with Gasteiger partial charge >= 0.3 is 5.97 Å². The molecule has 0 fully saturated rings. The number of hydrogen-bond acceptors (Lipinski definition) is 5. The summed E-state index contributed by atoms with van der Waals surface area (Å²) < 4.78 is 14.4. The maximum atomic E-state index is 13.0. The van der Waals surface area contributed by atoms with Crippen molar-refractivity contribution in [2.24, 2.45) is 0 Å². The summed E-state index contributed by atoms with van der Waals surface area (Å²) in [7, 11) is 0. The Morgan fingerprint density at radius 1 is 1.16 bits per heavy atom. The summed E-state index contributed by atoms with van der Waals surface area (Å²) >= 11 is 0. The topological polar surface area (TPSA) is 105 Å². The fourth-order valence-corrected chi connectivity index (χ4v) is 2.58. The molecular weight excluding hydrogens is 329 g/mol. The first-order chi connectivity index (χ1) is 12.0. The summed E-state index contributed by atoms with van der Waals surface area (Å²) in [5.74, 6) is -1.77. The van der Waals surface area contributed by atoms with Crippen molar-refractivity contribution in [3.8, 4) is 0 Å². The molecule has 0 radical (unpaired) electrons. The lowest BCUT2D eigenvalue weighted by Gasteiger charge is -2.06. The van der Waals surface area contributed by atoms with Crippen LogP contribution in [0.1, 0.15) is 24.1 Å². The maximum absolute atomic E-state index is 13.0. The number of halogens is 1. The van der Waals surface area contributed by atoms with Gasteiger partial charge in [-0.05, 0) is 17.7 Å². The second-order valence-electron chi connectivity index (χ2n) is 5.51. The van der Waals surface area contributed by atoms with E-state index in [0.29, 0.717) is 12.1 Å². The number of pyridine rings is 1. The minimum atomic E-state index is -1.08. The van der Waals surface area contributed by atoms with Crippen LogP contribution in [-0.2, 0) is 11.2 Å². The van der Waals surface area contributed by atoms with Gasteiger partial charge in [-0.15, -0.1) is 0 Å². The van der Waals surface area contributed by atoms with E-state index in [2.05, 4.69) is 10.1 Å². The molecule has 25 heavy (non-hydrogen) atoms. The molecule has 2 N–H and O–H groups in total. The van der Waals surface area contributed by atoms with E-state index in [1.54, 1.807) is 12.1 Å². The average molecular weight is 343 g/mol. The molecule has 2 heterocycles. The average Bonchev–Trinajstić information content (AvgIpc) is 3.04. The van der Waals surface area contributed by atoms with E-state index in [1.807, 2.05) is 0 Å². The first kappa shape index (κ1) is 16.6. The molecule has 0 aliphatic rings. The Morgan fingerprint density at radius 3 is 2.56 bits per heavy atom. The first-order valence-corrected chi connectivity index (χ1v) is 7.49. The summed E-state index contributed by atoms with van der Waals surface area (Å²) in [5, 5.41) is 22.8. The zero-order valence-corrected chi connectivity index (χ0v) is 13.0. The number of aliphatic hydroxyl groups excluding tert-OH is 1. The number of carbonyl (C=O) groups is 1. The van der Waals surface area contributed by atoms with Crippen LogP contribution in [0.5, 0.6) is 0 Å². The van der Waals surface area contributed by atoms with Gasteiger partial charge in [-0.25, -0.2) is 13.9 Å². The zero-order chi connectivity index (χ0) is 18.0. The smallest absolute Gasteiger partial charge is 0.303 e. The highest BCUT2D eigenvalue weighted by molar-refractivity contribution is 5.68. The minimum Gasteiger partial charge on any atom is -0.511 e. The number of benzene rings is 1. The Balaban J connectivity index is 2.09. The number of rotatable bonds is 5. The Hall–Kier alpha value is -3.29. The number of fused-ring (bicyclic) bond motifs is 1. The zero-order valence-electron chi connectivity index (χ0n) is 13.0. The molecule has 8 heteroatoms. The van der Waals surface area contributed by atoms with Crippen LogP contribution in [0.25, 0.3) is 11.4 Å². The van der Waals surface area contributed by atoms with Crippen LogP contribution in [0, 0.1) is 5.82 Å². The monoisotopic (exact) mass is 343 g/mol. The number of hydrogen-bond donors (Lipinski definition) is 2. The highest BCUT2D eigenvalue weighted by Gasteiger charge is 2.13. The number of nitrogens with zero attached hydrogens (tertiary/aromatic N) is 3. The predicted molar refractivity (Wildman–Crippen MR) is 86.6 cm³/mol. The second kappa shape index (κ2) is 6.68. The standard InChI is InChI=1S/C17H14FN3O4/c18-11-3-1-10(2-4-11)7-12-8-14(23)16(13(22)5-6-15(24)25)17-19-9-20-21(12)17/h1-4,8-9,22H,5-7H2,(H,24,25). The lowest BCUT2D eigenvalue weighted by molar-refractivity contribution is -0.136. The van der Waals surface area contributed by atoms with Crippen molar-refractivity contribution < 1.29 is 19.4 Å². The third kappa shape index (κ3) is 3.47. The number of aromatic nitrogens is 3. The van der Waals surface area contributed by atoms with Crippen molar-refractivity contribution in [3.05, 3.63) is 69.2 Å². The molecule has 0 bridgehead atoms. The number of aliphatic carboxylic acids is 1. The molecule has 0 saturated heterocycles. The fourth-order valence-electron chi connectivity index (χ4n) is 2.58. The molecule has 0 aliphatic heterocycles. The largest absolute Gasteiger partial charge is 0.511 e. The van der Waals surface area contributed by atoms with Gasteiger partial charge in [-0.3, -0.25) is 9.59 Å². The van der Waals surface area contributed by atoms with E-state index < -0.39 is 11.4 Å². The van der Waals surface area contributed by atoms with E-state index in [9.17, 15) is 19.1 Å². The van der Waals surface area contributed by atoms with Gasteiger partial charge in [0.1, 0.15) is 23.1 Å². The van der Waals surface area contributed by atoms with Crippen molar-refractivity contribution in [3.63, 3.8) is 0 Å². The van der Waals surface area contributed by atoms with Crippen molar-refractivity contribution in [2.75, 3.05) is 0 Å². The molecule has 0 spiro atoms. The van der Waals surface area contributed by atoms with Crippen LogP contribution in [0.2, 0.25) is 0 Å². The third-order valence-corrected chi connectivity index (χ3v) is 3.75. The number of carboxylic acid groups (broad SMARTS) is 1. The minimum absolute atomic E-state index is 0.0541. The highest BCUT2D eigenvalue weighted by atomic mass is 19.1.